The molecule has 0 saturated carbocycles. The fraction of sp³-hybridized carbons (Fsp3) is 0.500. The first-order chi connectivity index (χ1) is 8.72. The van der Waals surface area contributed by atoms with Gasteiger partial charge in [0.15, 0.2) is 0 Å². The van der Waals surface area contributed by atoms with Crippen LogP contribution in [-0.4, -0.2) is 33.4 Å². The fourth-order valence-corrected chi connectivity index (χ4v) is 2.50. The van der Waals surface area contributed by atoms with Crippen molar-refractivity contribution in [3.63, 3.8) is 0 Å². The van der Waals surface area contributed by atoms with Crippen molar-refractivity contribution in [3.8, 4) is 11.8 Å². The maximum atomic E-state index is 9.21. The molecule has 0 aliphatic carbocycles. The first-order valence-electron chi connectivity index (χ1n) is 6.18. The molecule has 1 aromatic rings. The average Bonchev–Trinajstić information content (AvgIpc) is 2.80. The van der Waals surface area contributed by atoms with Crippen molar-refractivity contribution in [1.29, 1.82) is 5.26 Å². The Morgan fingerprint density at radius 2 is 2.28 bits per heavy atom. The first-order valence-corrected chi connectivity index (χ1v) is 6.18. The number of anilines is 1. The topological polar surface area (TPSA) is 45.5 Å². The number of rotatable bonds is 3. The van der Waals surface area contributed by atoms with Gasteiger partial charge < -0.3 is 14.4 Å². The summed E-state index contributed by atoms with van der Waals surface area (Å²) in [5, 5.41) is 9.21. The molecule has 0 radical (unpaired) electrons. The van der Waals surface area contributed by atoms with Crippen molar-refractivity contribution >= 4 is 5.69 Å². The molecule has 2 aliphatic rings. The van der Waals surface area contributed by atoms with E-state index >= 15 is 0 Å². The molecule has 1 aromatic carbocycles. The maximum Gasteiger partial charge on any atom is 0.122 e. The van der Waals surface area contributed by atoms with Crippen LogP contribution in [0.1, 0.15) is 5.56 Å². The lowest BCUT2D eigenvalue weighted by Crippen LogP contribution is -2.49. The Morgan fingerprint density at radius 3 is 2.94 bits per heavy atom. The quantitative estimate of drug-likeness (QED) is 0.810. The summed E-state index contributed by atoms with van der Waals surface area (Å²) in [7, 11) is 2.02. The standard InChI is InChI=1S/C14H16N2O2/c1-16(8-14(7-15)9-17-10-14)12-2-3-13-11(6-12)4-5-18-13/h2-3,6H,4-5,8-10H2,1H3. The van der Waals surface area contributed by atoms with Crippen LogP contribution in [0.5, 0.6) is 5.75 Å². The van der Waals surface area contributed by atoms with E-state index in [1.807, 2.05) is 13.1 Å². The maximum absolute atomic E-state index is 9.21. The van der Waals surface area contributed by atoms with Gasteiger partial charge in [0.25, 0.3) is 0 Å². The number of nitriles is 1. The van der Waals surface area contributed by atoms with Crippen LogP contribution in [0.15, 0.2) is 18.2 Å². The van der Waals surface area contributed by atoms with Crippen LogP contribution in [0, 0.1) is 16.7 Å². The van der Waals surface area contributed by atoms with Gasteiger partial charge >= 0.3 is 0 Å². The summed E-state index contributed by atoms with van der Waals surface area (Å²) in [6.07, 6.45) is 0.976. The number of hydrogen-bond acceptors (Lipinski definition) is 4. The van der Waals surface area contributed by atoms with Crippen LogP contribution in [-0.2, 0) is 11.2 Å². The molecule has 1 fully saturated rings. The zero-order chi connectivity index (χ0) is 12.6. The highest BCUT2D eigenvalue weighted by atomic mass is 16.5. The second kappa shape index (κ2) is 4.18. The Labute approximate surface area is 107 Å². The van der Waals surface area contributed by atoms with Crippen LogP contribution in [0.2, 0.25) is 0 Å². The summed E-state index contributed by atoms with van der Waals surface area (Å²) in [6, 6.07) is 8.60. The van der Waals surface area contributed by atoms with Crippen LogP contribution in [0.25, 0.3) is 0 Å². The van der Waals surface area contributed by atoms with Crippen LogP contribution in [0.3, 0.4) is 0 Å². The second-order valence-electron chi connectivity index (χ2n) is 5.13. The summed E-state index contributed by atoms with van der Waals surface area (Å²) >= 11 is 0. The summed E-state index contributed by atoms with van der Waals surface area (Å²) in [5.41, 5.74) is 2.07. The molecule has 4 heteroatoms. The second-order valence-corrected chi connectivity index (χ2v) is 5.13. The van der Waals surface area contributed by atoms with E-state index in [0.717, 1.165) is 24.5 Å². The van der Waals surface area contributed by atoms with Gasteiger partial charge in [0.05, 0.1) is 25.9 Å². The van der Waals surface area contributed by atoms with Crippen LogP contribution >= 0.6 is 0 Å². The van der Waals surface area contributed by atoms with Gasteiger partial charge in [-0.25, -0.2) is 0 Å². The van der Waals surface area contributed by atoms with Crippen molar-refractivity contribution < 1.29 is 9.47 Å². The van der Waals surface area contributed by atoms with E-state index in [-0.39, 0.29) is 5.41 Å². The average molecular weight is 244 g/mol. The third kappa shape index (κ3) is 1.81. The van der Waals surface area contributed by atoms with Gasteiger partial charge in [-0.15, -0.1) is 0 Å². The largest absolute Gasteiger partial charge is 0.493 e. The predicted molar refractivity (Wildman–Crippen MR) is 67.8 cm³/mol. The van der Waals surface area contributed by atoms with Gasteiger partial charge in [-0.3, -0.25) is 0 Å². The number of nitrogens with zero attached hydrogens (tertiary/aromatic N) is 2. The lowest BCUT2D eigenvalue weighted by Gasteiger charge is -2.38. The van der Waals surface area contributed by atoms with Gasteiger partial charge in [-0.2, -0.15) is 5.26 Å². The lowest BCUT2D eigenvalue weighted by atomic mass is 9.87. The molecular weight excluding hydrogens is 228 g/mol. The van der Waals surface area contributed by atoms with Crippen molar-refractivity contribution in [2.75, 3.05) is 38.3 Å². The molecule has 0 spiro atoms. The van der Waals surface area contributed by atoms with E-state index in [1.54, 1.807) is 0 Å². The summed E-state index contributed by atoms with van der Waals surface area (Å²) in [4.78, 5) is 2.13. The molecule has 1 saturated heterocycles. The van der Waals surface area contributed by atoms with E-state index in [4.69, 9.17) is 9.47 Å². The fourth-order valence-electron chi connectivity index (χ4n) is 2.50. The molecule has 94 valence electrons. The zero-order valence-corrected chi connectivity index (χ0v) is 10.5. The highest BCUT2D eigenvalue weighted by Crippen LogP contribution is 2.32. The smallest absolute Gasteiger partial charge is 0.122 e. The van der Waals surface area contributed by atoms with E-state index in [9.17, 15) is 5.26 Å². The lowest BCUT2D eigenvalue weighted by molar-refractivity contribution is -0.0716. The van der Waals surface area contributed by atoms with Crippen molar-refractivity contribution in [2.24, 2.45) is 5.41 Å². The molecule has 0 aromatic heterocycles. The summed E-state index contributed by atoms with van der Waals surface area (Å²) < 4.78 is 10.7. The molecule has 0 bridgehead atoms. The molecule has 18 heavy (non-hydrogen) atoms. The predicted octanol–water partition coefficient (Wildman–Crippen LogP) is 1.60. The third-order valence-corrected chi connectivity index (χ3v) is 3.65. The highest BCUT2D eigenvalue weighted by Gasteiger charge is 2.40. The minimum Gasteiger partial charge on any atom is -0.493 e. The van der Waals surface area contributed by atoms with Crippen molar-refractivity contribution in [1.82, 2.24) is 0 Å². The molecule has 4 nitrogen and oxygen atoms in total. The van der Waals surface area contributed by atoms with Gasteiger partial charge in [0, 0.05) is 25.7 Å². The highest BCUT2D eigenvalue weighted by molar-refractivity contribution is 5.54. The molecule has 0 N–H and O–H groups in total. The molecule has 0 atom stereocenters. The van der Waals surface area contributed by atoms with Crippen molar-refractivity contribution in [3.05, 3.63) is 23.8 Å². The zero-order valence-electron chi connectivity index (χ0n) is 10.5. The normalized spacial score (nSPS) is 19.3. The van der Waals surface area contributed by atoms with E-state index in [2.05, 4.69) is 23.1 Å². The van der Waals surface area contributed by atoms with E-state index in [1.165, 1.54) is 5.56 Å². The SMILES string of the molecule is CN(CC1(C#N)COC1)c1ccc2c(c1)CCO2. The molecule has 0 unspecified atom stereocenters. The number of fused-ring (bicyclic) bond motifs is 1. The third-order valence-electron chi connectivity index (χ3n) is 3.65. The van der Waals surface area contributed by atoms with E-state index in [0.29, 0.717) is 19.8 Å². The van der Waals surface area contributed by atoms with Crippen LogP contribution < -0.4 is 9.64 Å². The van der Waals surface area contributed by atoms with Gasteiger partial charge in [-0.05, 0) is 23.8 Å². The molecule has 0 amide bonds. The van der Waals surface area contributed by atoms with Gasteiger partial charge in [-0.1, -0.05) is 0 Å². The Kier molecular flexibility index (Phi) is 2.64. The Morgan fingerprint density at radius 1 is 1.44 bits per heavy atom. The Hall–Kier alpha value is -1.73. The van der Waals surface area contributed by atoms with Gasteiger partial charge in [0.2, 0.25) is 0 Å². The minimum absolute atomic E-state index is 0.329. The molecule has 2 aliphatic heterocycles. The Balaban J connectivity index is 1.76. The van der Waals surface area contributed by atoms with Crippen LogP contribution in [0.4, 0.5) is 5.69 Å². The monoisotopic (exact) mass is 244 g/mol. The van der Waals surface area contributed by atoms with Crippen molar-refractivity contribution in [2.45, 2.75) is 6.42 Å². The summed E-state index contributed by atoms with van der Waals surface area (Å²) in [6.45, 7) is 2.57. The Bertz CT molecular complexity index is 503. The minimum atomic E-state index is -0.329. The number of ether oxygens (including phenoxy) is 2. The molecule has 2 heterocycles. The number of benzene rings is 1. The van der Waals surface area contributed by atoms with E-state index < -0.39 is 0 Å². The molecule has 3 rings (SSSR count). The molecular formula is C14H16N2O2. The summed E-state index contributed by atoms with van der Waals surface area (Å²) in [5.74, 6) is 0.995. The first kappa shape index (κ1) is 11.4. The van der Waals surface area contributed by atoms with Gasteiger partial charge in [0.1, 0.15) is 11.2 Å². The number of hydrogen-bond donors (Lipinski definition) is 0.